The Hall–Kier alpha value is -3.33. The molecule has 138 valence electrons. The molecule has 0 radical (unpaired) electrons. The molecule has 1 aliphatic heterocycles. The van der Waals surface area contributed by atoms with E-state index in [1.54, 1.807) is 41.8 Å². The van der Waals surface area contributed by atoms with Crippen LogP contribution in [0, 0.1) is 0 Å². The Morgan fingerprint density at radius 1 is 1.00 bits per heavy atom. The van der Waals surface area contributed by atoms with Crippen molar-refractivity contribution in [2.24, 2.45) is 0 Å². The number of esters is 1. The summed E-state index contributed by atoms with van der Waals surface area (Å²) in [7, 11) is 0. The maximum Gasteiger partial charge on any atom is 0.308 e. The normalized spacial score (nSPS) is 12.7. The second-order valence-corrected chi connectivity index (χ2v) is 6.52. The third-order valence-corrected chi connectivity index (χ3v) is 4.65. The molecule has 0 bridgehead atoms. The van der Waals surface area contributed by atoms with Crippen LogP contribution in [0.25, 0.3) is 0 Å². The first-order valence-electron chi connectivity index (χ1n) is 7.96. The predicted molar refractivity (Wildman–Crippen MR) is 94.2 cm³/mol. The molecule has 27 heavy (non-hydrogen) atoms. The van der Waals surface area contributed by atoms with Crippen molar-refractivity contribution >= 4 is 40.9 Å². The van der Waals surface area contributed by atoms with Gasteiger partial charge in [0.1, 0.15) is 0 Å². The lowest BCUT2D eigenvalue weighted by atomic mass is 10.1. The van der Waals surface area contributed by atoms with E-state index >= 15 is 0 Å². The lowest BCUT2D eigenvalue weighted by Gasteiger charge is -2.13. The van der Waals surface area contributed by atoms with Crippen molar-refractivity contribution in [2.45, 2.75) is 6.42 Å². The van der Waals surface area contributed by atoms with E-state index in [-0.39, 0.29) is 13.0 Å². The summed E-state index contributed by atoms with van der Waals surface area (Å²) in [4.78, 5) is 60.8. The van der Waals surface area contributed by atoms with Gasteiger partial charge < -0.3 is 4.74 Å². The Morgan fingerprint density at radius 3 is 2.26 bits per heavy atom. The SMILES string of the molecule is O=C(COC(=O)CCN1C(=O)c2ccccc2C1=O)NC(=O)c1cccs1. The zero-order chi connectivity index (χ0) is 19.4. The quantitative estimate of drug-likeness (QED) is 0.591. The summed E-state index contributed by atoms with van der Waals surface area (Å²) in [5, 5.41) is 3.79. The number of nitrogens with one attached hydrogen (secondary N) is 1. The summed E-state index contributed by atoms with van der Waals surface area (Å²) in [6.45, 7) is -0.779. The van der Waals surface area contributed by atoms with Crippen LogP contribution in [0.1, 0.15) is 36.8 Å². The van der Waals surface area contributed by atoms with E-state index in [2.05, 4.69) is 5.32 Å². The highest BCUT2D eigenvalue weighted by Gasteiger charge is 2.35. The fraction of sp³-hybridized carbons (Fsp3) is 0.167. The number of amides is 4. The standard InChI is InChI=1S/C18H14N2O6S/c21-14(19-16(23)13-6-3-9-27-13)10-26-15(22)7-8-20-17(24)11-4-1-2-5-12(11)18(20)25/h1-6,9H,7-8,10H2,(H,19,21,23). The molecule has 0 fully saturated rings. The third-order valence-electron chi connectivity index (χ3n) is 3.78. The molecule has 1 aromatic carbocycles. The zero-order valence-corrected chi connectivity index (χ0v) is 14.8. The number of thiophene rings is 1. The van der Waals surface area contributed by atoms with Gasteiger partial charge in [-0.2, -0.15) is 0 Å². The van der Waals surface area contributed by atoms with Crippen LogP contribution < -0.4 is 5.32 Å². The van der Waals surface area contributed by atoms with Crippen LogP contribution in [-0.4, -0.2) is 47.6 Å². The highest BCUT2D eigenvalue weighted by molar-refractivity contribution is 7.12. The number of carbonyl (C=O) groups is 5. The van der Waals surface area contributed by atoms with E-state index in [0.717, 1.165) is 4.90 Å². The van der Waals surface area contributed by atoms with Crippen molar-refractivity contribution in [2.75, 3.05) is 13.2 Å². The van der Waals surface area contributed by atoms with Gasteiger partial charge >= 0.3 is 5.97 Å². The fourth-order valence-electron chi connectivity index (χ4n) is 2.50. The average Bonchev–Trinajstić information content (AvgIpc) is 3.28. The van der Waals surface area contributed by atoms with Crippen molar-refractivity contribution < 1.29 is 28.7 Å². The van der Waals surface area contributed by atoms with Gasteiger partial charge in [0.05, 0.1) is 22.4 Å². The Labute approximate surface area is 157 Å². The molecule has 0 aliphatic carbocycles. The first-order valence-corrected chi connectivity index (χ1v) is 8.84. The number of rotatable bonds is 6. The number of imide groups is 2. The number of hydrogen-bond acceptors (Lipinski definition) is 7. The first kappa shape index (κ1) is 18.5. The van der Waals surface area contributed by atoms with Gasteiger partial charge in [0.25, 0.3) is 23.6 Å². The van der Waals surface area contributed by atoms with E-state index in [4.69, 9.17) is 4.74 Å². The lowest BCUT2D eigenvalue weighted by molar-refractivity contribution is -0.148. The van der Waals surface area contributed by atoms with E-state index < -0.39 is 36.2 Å². The van der Waals surface area contributed by atoms with Crippen LogP contribution in [-0.2, 0) is 14.3 Å². The molecule has 0 saturated heterocycles. The van der Waals surface area contributed by atoms with Gasteiger partial charge in [-0.15, -0.1) is 11.3 Å². The molecule has 9 heteroatoms. The molecule has 0 atom stereocenters. The van der Waals surface area contributed by atoms with Gasteiger partial charge in [0.15, 0.2) is 6.61 Å². The molecule has 0 saturated carbocycles. The van der Waals surface area contributed by atoms with Crippen LogP contribution >= 0.6 is 11.3 Å². The van der Waals surface area contributed by atoms with Crippen LogP contribution in [0.4, 0.5) is 0 Å². The molecule has 0 spiro atoms. The third kappa shape index (κ3) is 4.09. The second-order valence-electron chi connectivity index (χ2n) is 5.57. The summed E-state index contributed by atoms with van der Waals surface area (Å²) in [5.74, 6) is -3.03. The average molecular weight is 386 g/mol. The molecule has 1 aromatic heterocycles. The second kappa shape index (κ2) is 7.92. The molecule has 2 heterocycles. The summed E-state index contributed by atoms with van der Waals surface area (Å²) in [5.41, 5.74) is 0.588. The van der Waals surface area contributed by atoms with Gasteiger partial charge in [-0.05, 0) is 23.6 Å². The highest BCUT2D eigenvalue weighted by Crippen LogP contribution is 2.22. The maximum atomic E-state index is 12.2. The van der Waals surface area contributed by atoms with Crippen LogP contribution in [0.2, 0.25) is 0 Å². The van der Waals surface area contributed by atoms with Crippen molar-refractivity contribution in [3.05, 3.63) is 57.8 Å². The molecular formula is C18H14N2O6S. The summed E-state index contributed by atoms with van der Waals surface area (Å²) in [6, 6.07) is 9.62. The van der Waals surface area contributed by atoms with Gasteiger partial charge in [0, 0.05) is 6.54 Å². The van der Waals surface area contributed by atoms with Gasteiger partial charge in [-0.1, -0.05) is 18.2 Å². The van der Waals surface area contributed by atoms with Crippen molar-refractivity contribution in [3.8, 4) is 0 Å². The van der Waals surface area contributed by atoms with E-state index in [9.17, 15) is 24.0 Å². The number of nitrogens with zero attached hydrogens (tertiary/aromatic N) is 1. The van der Waals surface area contributed by atoms with Crippen molar-refractivity contribution in [3.63, 3.8) is 0 Å². The Balaban J connectivity index is 1.44. The van der Waals surface area contributed by atoms with Crippen molar-refractivity contribution in [1.29, 1.82) is 0 Å². The highest BCUT2D eigenvalue weighted by atomic mass is 32.1. The molecule has 1 N–H and O–H groups in total. The fourth-order valence-corrected chi connectivity index (χ4v) is 3.11. The molecule has 8 nitrogen and oxygen atoms in total. The van der Waals surface area contributed by atoms with E-state index in [1.165, 1.54) is 11.3 Å². The van der Waals surface area contributed by atoms with Gasteiger partial charge in [0.2, 0.25) is 0 Å². The molecular weight excluding hydrogens is 372 g/mol. The topological polar surface area (TPSA) is 110 Å². The van der Waals surface area contributed by atoms with Crippen LogP contribution in [0.5, 0.6) is 0 Å². The Morgan fingerprint density at radius 2 is 1.67 bits per heavy atom. The molecule has 4 amide bonds. The smallest absolute Gasteiger partial charge is 0.308 e. The van der Waals surface area contributed by atoms with E-state index in [1.807, 2.05) is 0 Å². The first-order chi connectivity index (χ1) is 13.0. The Kier molecular flexibility index (Phi) is 5.41. The number of carbonyl (C=O) groups excluding carboxylic acids is 5. The molecule has 1 aliphatic rings. The predicted octanol–water partition coefficient (Wildman–Crippen LogP) is 1.23. The summed E-state index contributed by atoms with van der Waals surface area (Å²) in [6.07, 6.45) is -0.252. The van der Waals surface area contributed by atoms with E-state index in [0.29, 0.717) is 16.0 Å². The number of benzene rings is 1. The summed E-state index contributed by atoms with van der Waals surface area (Å²) >= 11 is 1.17. The van der Waals surface area contributed by atoms with Gasteiger partial charge in [-0.25, -0.2) is 0 Å². The number of fused-ring (bicyclic) bond motifs is 1. The molecule has 0 unspecified atom stereocenters. The van der Waals surface area contributed by atoms with Crippen molar-refractivity contribution in [1.82, 2.24) is 10.2 Å². The van der Waals surface area contributed by atoms with Crippen LogP contribution in [0.3, 0.4) is 0 Å². The Bertz CT molecular complexity index is 887. The lowest BCUT2D eigenvalue weighted by Crippen LogP contribution is -2.35. The number of hydrogen-bond donors (Lipinski definition) is 1. The zero-order valence-electron chi connectivity index (χ0n) is 14.0. The minimum Gasteiger partial charge on any atom is -0.456 e. The van der Waals surface area contributed by atoms with Gasteiger partial charge in [-0.3, -0.25) is 34.2 Å². The minimum atomic E-state index is -0.762. The largest absolute Gasteiger partial charge is 0.456 e. The summed E-state index contributed by atoms with van der Waals surface area (Å²) < 4.78 is 4.78. The number of ether oxygens (including phenoxy) is 1. The minimum absolute atomic E-state index is 0.152. The monoisotopic (exact) mass is 386 g/mol. The maximum absolute atomic E-state index is 12.2. The molecule has 2 aromatic rings. The van der Waals surface area contributed by atoms with Crippen LogP contribution in [0.15, 0.2) is 41.8 Å². The molecule has 3 rings (SSSR count).